The van der Waals surface area contributed by atoms with Gasteiger partial charge >= 0.3 is 12.6 Å². The zero-order chi connectivity index (χ0) is 18.4. The van der Waals surface area contributed by atoms with Gasteiger partial charge in [0.25, 0.3) is 5.91 Å². The lowest BCUT2D eigenvalue weighted by Crippen LogP contribution is -2.22. The summed E-state index contributed by atoms with van der Waals surface area (Å²) in [7, 11) is 0. The molecule has 2 aromatic carbocycles. The predicted octanol–water partition coefficient (Wildman–Crippen LogP) is 3.36. The van der Waals surface area contributed by atoms with Crippen LogP contribution in [0.3, 0.4) is 0 Å². The number of benzene rings is 2. The molecule has 0 saturated heterocycles. The van der Waals surface area contributed by atoms with E-state index in [1.54, 1.807) is 0 Å². The number of amides is 1. The maximum Gasteiger partial charge on any atom is 0.387 e. The Hall–Kier alpha value is -3.10. The third-order valence-corrected chi connectivity index (χ3v) is 2.86. The minimum Gasteiger partial charge on any atom is -0.452 e. The fraction of sp³-hybridized carbons (Fsp3) is 0.125. The van der Waals surface area contributed by atoms with Gasteiger partial charge in [0, 0.05) is 6.07 Å². The standard InChI is InChI=1S/C16H11F4NO4/c17-9-5-6-11(18)12(7-9)21-14(22)8-24-15(23)10-3-1-2-4-13(10)25-16(19)20/h1-7,16H,8H2,(H,21,22). The molecule has 0 aromatic heterocycles. The molecule has 2 aromatic rings. The van der Waals surface area contributed by atoms with Gasteiger partial charge in [-0.1, -0.05) is 12.1 Å². The molecule has 0 spiro atoms. The molecular formula is C16H11F4NO4. The highest BCUT2D eigenvalue weighted by atomic mass is 19.3. The Bertz CT molecular complexity index is 782. The van der Waals surface area contributed by atoms with Crippen molar-refractivity contribution in [1.82, 2.24) is 0 Å². The molecule has 0 fully saturated rings. The molecule has 132 valence electrons. The average Bonchev–Trinajstić information content (AvgIpc) is 2.56. The average molecular weight is 357 g/mol. The number of para-hydroxylation sites is 1. The van der Waals surface area contributed by atoms with Gasteiger partial charge in [0.1, 0.15) is 22.9 Å². The highest BCUT2D eigenvalue weighted by molar-refractivity contribution is 5.96. The Balaban J connectivity index is 1.98. The maximum absolute atomic E-state index is 13.4. The van der Waals surface area contributed by atoms with E-state index in [2.05, 4.69) is 9.47 Å². The van der Waals surface area contributed by atoms with Crippen molar-refractivity contribution in [3.8, 4) is 5.75 Å². The second-order valence-electron chi connectivity index (χ2n) is 4.62. The molecule has 0 unspecified atom stereocenters. The summed E-state index contributed by atoms with van der Waals surface area (Å²) in [6.07, 6.45) is 0. The van der Waals surface area contributed by atoms with Crippen molar-refractivity contribution in [1.29, 1.82) is 0 Å². The van der Waals surface area contributed by atoms with Crippen LogP contribution in [0, 0.1) is 11.6 Å². The fourth-order valence-corrected chi connectivity index (χ4v) is 1.82. The first-order valence-corrected chi connectivity index (χ1v) is 6.82. The molecule has 0 aliphatic heterocycles. The van der Waals surface area contributed by atoms with E-state index in [1.165, 1.54) is 18.2 Å². The van der Waals surface area contributed by atoms with Gasteiger partial charge in [-0.3, -0.25) is 4.79 Å². The number of anilines is 1. The number of nitrogens with one attached hydrogen (secondary N) is 1. The maximum atomic E-state index is 13.4. The summed E-state index contributed by atoms with van der Waals surface area (Å²) in [4.78, 5) is 23.5. The van der Waals surface area contributed by atoms with Crippen molar-refractivity contribution in [2.45, 2.75) is 6.61 Å². The van der Waals surface area contributed by atoms with E-state index in [1.807, 2.05) is 5.32 Å². The molecule has 1 amide bonds. The second-order valence-corrected chi connectivity index (χ2v) is 4.62. The van der Waals surface area contributed by atoms with Gasteiger partial charge in [0.2, 0.25) is 0 Å². The molecule has 1 N–H and O–H groups in total. The van der Waals surface area contributed by atoms with Crippen LogP contribution in [0.4, 0.5) is 23.2 Å². The van der Waals surface area contributed by atoms with Crippen LogP contribution in [-0.4, -0.2) is 25.1 Å². The van der Waals surface area contributed by atoms with Crippen LogP contribution in [0.5, 0.6) is 5.75 Å². The minimum atomic E-state index is -3.15. The summed E-state index contributed by atoms with van der Waals surface area (Å²) in [5.41, 5.74) is -0.741. The number of esters is 1. The van der Waals surface area contributed by atoms with Crippen LogP contribution in [0.1, 0.15) is 10.4 Å². The van der Waals surface area contributed by atoms with Crippen LogP contribution < -0.4 is 10.1 Å². The summed E-state index contributed by atoms with van der Waals surface area (Å²) in [6, 6.07) is 7.49. The minimum absolute atomic E-state index is 0.312. The molecule has 9 heteroatoms. The van der Waals surface area contributed by atoms with Gasteiger partial charge < -0.3 is 14.8 Å². The molecule has 0 radical (unpaired) electrons. The highest BCUT2D eigenvalue weighted by Crippen LogP contribution is 2.21. The summed E-state index contributed by atoms with van der Waals surface area (Å²) >= 11 is 0. The predicted molar refractivity (Wildman–Crippen MR) is 78.3 cm³/mol. The zero-order valence-corrected chi connectivity index (χ0v) is 12.5. The topological polar surface area (TPSA) is 64.6 Å². The molecule has 0 heterocycles. The Kier molecular flexibility index (Phi) is 5.93. The first-order chi connectivity index (χ1) is 11.9. The number of alkyl halides is 2. The van der Waals surface area contributed by atoms with E-state index >= 15 is 0 Å². The lowest BCUT2D eigenvalue weighted by atomic mass is 10.2. The van der Waals surface area contributed by atoms with E-state index < -0.39 is 48.2 Å². The third-order valence-electron chi connectivity index (χ3n) is 2.86. The van der Waals surface area contributed by atoms with Gasteiger partial charge in [-0.15, -0.1) is 0 Å². The van der Waals surface area contributed by atoms with E-state index in [4.69, 9.17) is 0 Å². The number of carbonyl (C=O) groups is 2. The fourth-order valence-electron chi connectivity index (χ4n) is 1.82. The first-order valence-electron chi connectivity index (χ1n) is 6.82. The van der Waals surface area contributed by atoms with Crippen molar-refractivity contribution in [3.63, 3.8) is 0 Å². The van der Waals surface area contributed by atoms with Gasteiger partial charge in [-0.05, 0) is 24.3 Å². The van der Waals surface area contributed by atoms with Crippen molar-refractivity contribution in [2.75, 3.05) is 11.9 Å². The lowest BCUT2D eigenvalue weighted by molar-refractivity contribution is -0.119. The zero-order valence-electron chi connectivity index (χ0n) is 12.5. The molecule has 0 aliphatic carbocycles. The molecule has 2 rings (SSSR count). The van der Waals surface area contributed by atoms with Crippen molar-refractivity contribution in [2.24, 2.45) is 0 Å². The monoisotopic (exact) mass is 357 g/mol. The summed E-state index contributed by atoms with van der Waals surface area (Å²) in [6.45, 7) is -3.98. The van der Waals surface area contributed by atoms with Crippen molar-refractivity contribution < 1.29 is 36.6 Å². The smallest absolute Gasteiger partial charge is 0.387 e. The Labute approximate surface area is 139 Å². The summed E-state index contributed by atoms with van der Waals surface area (Å²) in [5, 5.41) is 2.02. The summed E-state index contributed by atoms with van der Waals surface area (Å²) in [5.74, 6) is -4.10. The van der Waals surface area contributed by atoms with Crippen LogP contribution in [-0.2, 0) is 9.53 Å². The molecular weight excluding hydrogens is 346 g/mol. The van der Waals surface area contributed by atoms with Crippen molar-refractivity contribution in [3.05, 3.63) is 59.7 Å². The van der Waals surface area contributed by atoms with Gasteiger partial charge in [0.05, 0.1) is 5.69 Å². The number of ether oxygens (including phenoxy) is 2. The van der Waals surface area contributed by atoms with Crippen LogP contribution in [0.2, 0.25) is 0 Å². The van der Waals surface area contributed by atoms with E-state index in [9.17, 15) is 27.2 Å². The van der Waals surface area contributed by atoms with E-state index in [0.717, 1.165) is 24.3 Å². The first kappa shape index (κ1) is 18.2. The second kappa shape index (κ2) is 8.13. The SMILES string of the molecule is O=C(COC(=O)c1ccccc1OC(F)F)Nc1cc(F)ccc1F. The Morgan fingerprint density at radius 2 is 1.80 bits per heavy atom. The Morgan fingerprint density at radius 3 is 2.52 bits per heavy atom. The largest absolute Gasteiger partial charge is 0.452 e. The summed E-state index contributed by atoms with van der Waals surface area (Å²) < 4.78 is 59.8. The van der Waals surface area contributed by atoms with E-state index in [0.29, 0.717) is 0 Å². The molecule has 0 atom stereocenters. The van der Waals surface area contributed by atoms with Gasteiger partial charge in [-0.25, -0.2) is 13.6 Å². The number of carbonyl (C=O) groups excluding carboxylic acids is 2. The molecule has 0 saturated carbocycles. The molecule has 0 bridgehead atoms. The molecule has 25 heavy (non-hydrogen) atoms. The molecule has 5 nitrogen and oxygen atoms in total. The van der Waals surface area contributed by atoms with Crippen molar-refractivity contribution >= 4 is 17.6 Å². The quantitative estimate of drug-likeness (QED) is 0.636. The number of halogens is 4. The van der Waals surface area contributed by atoms with Gasteiger partial charge in [0.15, 0.2) is 6.61 Å². The number of hydrogen-bond acceptors (Lipinski definition) is 4. The van der Waals surface area contributed by atoms with Crippen LogP contribution >= 0.6 is 0 Å². The van der Waals surface area contributed by atoms with Gasteiger partial charge in [-0.2, -0.15) is 8.78 Å². The molecule has 0 aliphatic rings. The van der Waals surface area contributed by atoms with Crippen LogP contribution in [0.15, 0.2) is 42.5 Å². The third kappa shape index (κ3) is 5.20. The Morgan fingerprint density at radius 1 is 1.08 bits per heavy atom. The van der Waals surface area contributed by atoms with E-state index in [-0.39, 0.29) is 5.56 Å². The lowest BCUT2D eigenvalue weighted by Gasteiger charge is -2.10. The highest BCUT2D eigenvalue weighted by Gasteiger charge is 2.18. The van der Waals surface area contributed by atoms with Crippen LogP contribution in [0.25, 0.3) is 0 Å². The normalized spacial score (nSPS) is 10.4. The number of rotatable bonds is 6. The number of hydrogen-bond donors (Lipinski definition) is 1.